The third-order valence-electron chi connectivity index (χ3n) is 6.07. The van der Waals surface area contributed by atoms with Gasteiger partial charge in [-0.15, -0.1) is 0 Å². The summed E-state index contributed by atoms with van der Waals surface area (Å²) in [7, 11) is 0. The molecular formula is C26H40N2O7. The molecular weight excluding hydrogens is 452 g/mol. The van der Waals surface area contributed by atoms with Gasteiger partial charge < -0.3 is 30.3 Å². The molecule has 2 rings (SSSR count). The van der Waals surface area contributed by atoms with E-state index in [0.717, 1.165) is 31.7 Å². The highest BCUT2D eigenvalue weighted by Crippen LogP contribution is 2.28. The summed E-state index contributed by atoms with van der Waals surface area (Å²) in [6.07, 6.45) is 3.24. The van der Waals surface area contributed by atoms with Crippen LogP contribution in [0.25, 0.3) is 0 Å². The Labute approximate surface area is 207 Å². The number of ether oxygens (including phenoxy) is 2. The van der Waals surface area contributed by atoms with Crippen LogP contribution in [0.5, 0.6) is 11.5 Å². The lowest BCUT2D eigenvalue weighted by atomic mass is 9.97. The standard InChI is InChI=1S/C26H40N2O7/c1-16-11-20(29)21(30)12-19(16)23(32)34-14-18(35-24(33)25(2,3)4)13-28-26(5,6)15-27-22(31)17-9-7-8-10-17/h11-12,17-18,28-30H,7-10,13-15H2,1-6H3,(H,27,31). The third kappa shape index (κ3) is 8.72. The van der Waals surface area contributed by atoms with Gasteiger partial charge in [0.2, 0.25) is 5.91 Å². The van der Waals surface area contributed by atoms with E-state index < -0.39 is 34.7 Å². The van der Waals surface area contributed by atoms with Gasteiger partial charge in [-0.3, -0.25) is 9.59 Å². The maximum absolute atomic E-state index is 12.6. The van der Waals surface area contributed by atoms with Crippen molar-refractivity contribution in [2.45, 2.75) is 78.9 Å². The molecule has 4 N–H and O–H groups in total. The number of hydrogen-bond acceptors (Lipinski definition) is 8. The van der Waals surface area contributed by atoms with E-state index in [0.29, 0.717) is 12.1 Å². The second-order valence-electron chi connectivity index (χ2n) is 11.0. The number of aromatic hydroxyl groups is 2. The number of rotatable bonds is 10. The second-order valence-corrected chi connectivity index (χ2v) is 11.0. The normalized spacial score (nSPS) is 15.5. The Balaban J connectivity index is 1.99. The fourth-order valence-electron chi connectivity index (χ4n) is 3.70. The zero-order valence-corrected chi connectivity index (χ0v) is 21.7. The van der Waals surface area contributed by atoms with Crippen molar-refractivity contribution in [1.82, 2.24) is 10.6 Å². The minimum Gasteiger partial charge on any atom is -0.504 e. The Kier molecular flexibility index (Phi) is 9.54. The second kappa shape index (κ2) is 11.7. The van der Waals surface area contributed by atoms with E-state index in [2.05, 4.69) is 10.6 Å². The largest absolute Gasteiger partial charge is 0.504 e. The number of carbonyl (C=O) groups is 3. The Bertz CT molecular complexity index is 915. The van der Waals surface area contributed by atoms with Gasteiger partial charge in [0, 0.05) is 24.5 Å². The number of phenols is 2. The number of carbonyl (C=O) groups excluding carboxylic acids is 3. The van der Waals surface area contributed by atoms with E-state index in [9.17, 15) is 24.6 Å². The molecule has 196 valence electrons. The Morgan fingerprint density at radius 2 is 1.66 bits per heavy atom. The monoisotopic (exact) mass is 492 g/mol. The zero-order chi connectivity index (χ0) is 26.4. The van der Waals surface area contributed by atoms with Crippen LogP contribution in [0.4, 0.5) is 0 Å². The van der Waals surface area contributed by atoms with Gasteiger partial charge in [-0.2, -0.15) is 0 Å². The molecule has 9 heteroatoms. The first-order chi connectivity index (χ1) is 16.2. The van der Waals surface area contributed by atoms with Crippen LogP contribution in [0, 0.1) is 18.3 Å². The van der Waals surface area contributed by atoms with Crippen molar-refractivity contribution in [1.29, 1.82) is 0 Å². The predicted molar refractivity (Wildman–Crippen MR) is 131 cm³/mol. The van der Waals surface area contributed by atoms with E-state index >= 15 is 0 Å². The van der Waals surface area contributed by atoms with Gasteiger partial charge >= 0.3 is 11.9 Å². The Hall–Kier alpha value is -2.81. The van der Waals surface area contributed by atoms with Crippen molar-refractivity contribution in [3.05, 3.63) is 23.3 Å². The molecule has 1 amide bonds. The number of amides is 1. The zero-order valence-electron chi connectivity index (χ0n) is 21.7. The highest BCUT2D eigenvalue weighted by Gasteiger charge is 2.30. The predicted octanol–water partition coefficient (Wildman–Crippen LogP) is 3.20. The summed E-state index contributed by atoms with van der Waals surface area (Å²) in [6, 6.07) is 2.41. The van der Waals surface area contributed by atoms with Gasteiger partial charge in [0.15, 0.2) is 11.5 Å². The van der Waals surface area contributed by atoms with Crippen LogP contribution >= 0.6 is 0 Å². The van der Waals surface area contributed by atoms with Gasteiger partial charge in [-0.05, 0) is 72.1 Å². The molecule has 0 heterocycles. The molecule has 0 bridgehead atoms. The summed E-state index contributed by atoms with van der Waals surface area (Å²) < 4.78 is 11.0. The molecule has 0 aromatic heterocycles. The fourth-order valence-corrected chi connectivity index (χ4v) is 3.70. The number of nitrogens with one attached hydrogen (secondary N) is 2. The molecule has 1 atom stereocenters. The summed E-state index contributed by atoms with van der Waals surface area (Å²) >= 11 is 0. The fraction of sp³-hybridized carbons (Fsp3) is 0.654. The lowest BCUT2D eigenvalue weighted by Gasteiger charge is -2.30. The summed E-state index contributed by atoms with van der Waals surface area (Å²) in [5.74, 6) is -1.77. The maximum atomic E-state index is 12.6. The van der Waals surface area contributed by atoms with Gasteiger partial charge in [0.05, 0.1) is 11.0 Å². The van der Waals surface area contributed by atoms with Crippen molar-refractivity contribution < 1.29 is 34.1 Å². The van der Waals surface area contributed by atoms with E-state index in [-0.39, 0.29) is 36.3 Å². The number of phenolic OH excluding ortho intramolecular Hbond substituents is 2. The minimum atomic E-state index is -0.776. The minimum absolute atomic E-state index is 0.0644. The molecule has 1 aromatic rings. The van der Waals surface area contributed by atoms with Crippen molar-refractivity contribution >= 4 is 17.8 Å². The summed E-state index contributed by atoms with van der Waals surface area (Å²) in [5.41, 5.74) is -0.703. The van der Waals surface area contributed by atoms with Crippen LogP contribution in [-0.4, -0.2) is 59.4 Å². The van der Waals surface area contributed by atoms with E-state index in [4.69, 9.17) is 9.47 Å². The lowest BCUT2D eigenvalue weighted by Crippen LogP contribution is -2.53. The van der Waals surface area contributed by atoms with Gasteiger partial charge in [0.1, 0.15) is 12.7 Å². The molecule has 0 aliphatic heterocycles. The molecule has 0 saturated heterocycles. The first-order valence-corrected chi connectivity index (χ1v) is 12.1. The van der Waals surface area contributed by atoms with Crippen molar-refractivity contribution in [3.8, 4) is 11.5 Å². The van der Waals surface area contributed by atoms with Crippen molar-refractivity contribution in [3.63, 3.8) is 0 Å². The van der Waals surface area contributed by atoms with Crippen molar-refractivity contribution in [2.75, 3.05) is 19.7 Å². The highest BCUT2D eigenvalue weighted by atomic mass is 16.6. The third-order valence-corrected chi connectivity index (χ3v) is 6.07. The van der Waals surface area contributed by atoms with Gasteiger partial charge in [0.25, 0.3) is 0 Å². The molecule has 1 aliphatic rings. The SMILES string of the molecule is Cc1cc(O)c(O)cc1C(=O)OCC(CNC(C)(C)CNC(=O)C1CCCC1)OC(=O)C(C)(C)C. The molecule has 0 spiro atoms. The smallest absolute Gasteiger partial charge is 0.338 e. The quantitative estimate of drug-likeness (QED) is 0.289. The lowest BCUT2D eigenvalue weighted by molar-refractivity contribution is -0.160. The number of aryl methyl sites for hydroxylation is 1. The molecule has 0 radical (unpaired) electrons. The van der Waals surface area contributed by atoms with Crippen LogP contribution in [0.2, 0.25) is 0 Å². The summed E-state index contributed by atoms with van der Waals surface area (Å²) in [5, 5.41) is 25.6. The average Bonchev–Trinajstić information content (AvgIpc) is 3.30. The van der Waals surface area contributed by atoms with Crippen LogP contribution in [0.1, 0.15) is 76.2 Å². The summed E-state index contributed by atoms with van der Waals surface area (Å²) in [4.78, 5) is 37.5. The van der Waals surface area contributed by atoms with Crippen LogP contribution in [0.3, 0.4) is 0 Å². The molecule has 35 heavy (non-hydrogen) atoms. The topological polar surface area (TPSA) is 134 Å². The van der Waals surface area contributed by atoms with E-state index in [1.807, 2.05) is 13.8 Å². The Morgan fingerprint density at radius 3 is 2.26 bits per heavy atom. The molecule has 1 aliphatic carbocycles. The van der Waals surface area contributed by atoms with E-state index in [1.54, 1.807) is 27.7 Å². The number of esters is 2. The molecule has 1 unspecified atom stereocenters. The van der Waals surface area contributed by atoms with Crippen LogP contribution in [0.15, 0.2) is 12.1 Å². The van der Waals surface area contributed by atoms with Crippen molar-refractivity contribution in [2.24, 2.45) is 11.3 Å². The average molecular weight is 493 g/mol. The first kappa shape index (κ1) is 28.4. The first-order valence-electron chi connectivity index (χ1n) is 12.1. The Morgan fingerprint density at radius 1 is 1.06 bits per heavy atom. The highest BCUT2D eigenvalue weighted by molar-refractivity contribution is 5.92. The molecule has 1 saturated carbocycles. The van der Waals surface area contributed by atoms with Gasteiger partial charge in [-0.1, -0.05) is 12.8 Å². The molecule has 1 fully saturated rings. The van der Waals surface area contributed by atoms with Crippen LogP contribution in [-0.2, 0) is 19.1 Å². The molecule has 9 nitrogen and oxygen atoms in total. The number of hydrogen-bond donors (Lipinski definition) is 4. The van der Waals surface area contributed by atoms with Crippen LogP contribution < -0.4 is 10.6 Å². The number of benzene rings is 1. The van der Waals surface area contributed by atoms with E-state index in [1.165, 1.54) is 6.07 Å². The molecule has 1 aromatic carbocycles. The van der Waals surface area contributed by atoms with Gasteiger partial charge in [-0.25, -0.2) is 4.79 Å². The maximum Gasteiger partial charge on any atom is 0.338 e. The summed E-state index contributed by atoms with van der Waals surface area (Å²) in [6.45, 7) is 11.0.